The number of hydrogen-bond acceptors (Lipinski definition) is 0. The Hall–Kier alpha value is -0.420. The molecule has 0 saturated carbocycles. The first-order valence-corrected chi connectivity index (χ1v) is 3.55. The molecular weight excluding hydrogens is 198 g/mol. The van der Waals surface area contributed by atoms with Gasteiger partial charge in [0.05, 0.1) is 0 Å². The molecule has 0 aliphatic heterocycles. The SMILES string of the molecule is [CH2]CC(F)C(F)C(F)[C@H](F)C(F)F. The molecule has 13 heavy (non-hydrogen) atoms. The largest absolute Gasteiger partial charge is 0.272 e. The molecule has 0 bridgehead atoms. The van der Waals surface area contributed by atoms with Crippen LogP contribution in [0.5, 0.6) is 0 Å². The van der Waals surface area contributed by atoms with E-state index in [-0.39, 0.29) is 0 Å². The molecule has 0 rings (SSSR count). The summed E-state index contributed by atoms with van der Waals surface area (Å²) in [6, 6.07) is 0. The van der Waals surface area contributed by atoms with E-state index in [1.807, 2.05) is 0 Å². The second-order valence-electron chi connectivity index (χ2n) is 2.47. The van der Waals surface area contributed by atoms with Gasteiger partial charge in [0.1, 0.15) is 6.17 Å². The van der Waals surface area contributed by atoms with Gasteiger partial charge in [-0.15, -0.1) is 0 Å². The van der Waals surface area contributed by atoms with Crippen LogP contribution in [0.1, 0.15) is 6.42 Å². The monoisotopic (exact) mass is 207 g/mol. The molecule has 0 aromatic rings. The normalized spacial score (nSPS) is 21.2. The Morgan fingerprint density at radius 2 is 1.23 bits per heavy atom. The number of rotatable bonds is 5. The van der Waals surface area contributed by atoms with Crippen LogP contribution >= 0.6 is 0 Å². The van der Waals surface area contributed by atoms with Crippen molar-refractivity contribution in [2.45, 2.75) is 37.5 Å². The van der Waals surface area contributed by atoms with Crippen molar-refractivity contribution in [3.63, 3.8) is 0 Å². The third-order valence-electron chi connectivity index (χ3n) is 1.47. The first-order valence-electron chi connectivity index (χ1n) is 3.55. The molecule has 3 unspecified atom stereocenters. The van der Waals surface area contributed by atoms with E-state index in [1.165, 1.54) is 0 Å². The molecule has 1 radical (unpaired) electrons. The summed E-state index contributed by atoms with van der Waals surface area (Å²) in [5.41, 5.74) is 0. The number of halogens is 6. The van der Waals surface area contributed by atoms with Crippen LogP contribution in [0.25, 0.3) is 0 Å². The van der Waals surface area contributed by atoms with E-state index >= 15 is 0 Å². The Morgan fingerprint density at radius 3 is 1.54 bits per heavy atom. The molecule has 79 valence electrons. The summed E-state index contributed by atoms with van der Waals surface area (Å²) < 4.78 is 72.2. The van der Waals surface area contributed by atoms with E-state index in [0.29, 0.717) is 0 Å². The van der Waals surface area contributed by atoms with Crippen LogP contribution in [-0.2, 0) is 0 Å². The summed E-state index contributed by atoms with van der Waals surface area (Å²) in [6.07, 6.45) is -16.0. The van der Waals surface area contributed by atoms with Gasteiger partial charge >= 0.3 is 0 Å². The Bertz CT molecular complexity index is 139. The second kappa shape index (κ2) is 5.34. The van der Waals surface area contributed by atoms with Crippen LogP contribution in [-0.4, -0.2) is 31.1 Å². The third kappa shape index (κ3) is 3.44. The Labute approximate surface area is 71.9 Å². The minimum absolute atomic E-state index is 0.627. The van der Waals surface area contributed by atoms with Gasteiger partial charge in [0, 0.05) is 0 Å². The lowest BCUT2D eigenvalue weighted by molar-refractivity contribution is -0.0393. The molecule has 4 atom stereocenters. The third-order valence-corrected chi connectivity index (χ3v) is 1.47. The molecule has 0 aliphatic rings. The van der Waals surface area contributed by atoms with Gasteiger partial charge in [-0.25, -0.2) is 26.3 Å². The molecule has 0 heterocycles. The lowest BCUT2D eigenvalue weighted by Gasteiger charge is -2.18. The summed E-state index contributed by atoms with van der Waals surface area (Å²) in [5, 5.41) is 0. The molecule has 0 nitrogen and oxygen atoms in total. The van der Waals surface area contributed by atoms with Crippen LogP contribution in [0.15, 0.2) is 0 Å². The minimum atomic E-state index is -3.65. The lowest BCUT2D eigenvalue weighted by atomic mass is 10.1. The maximum atomic E-state index is 12.4. The van der Waals surface area contributed by atoms with E-state index in [1.54, 1.807) is 0 Å². The molecule has 0 aliphatic carbocycles. The second-order valence-corrected chi connectivity index (χ2v) is 2.47. The van der Waals surface area contributed by atoms with E-state index in [9.17, 15) is 26.3 Å². The predicted molar refractivity (Wildman–Crippen MR) is 35.6 cm³/mol. The molecule has 0 aromatic carbocycles. The van der Waals surface area contributed by atoms with E-state index in [0.717, 1.165) is 0 Å². The summed E-state index contributed by atoms with van der Waals surface area (Å²) in [5.74, 6) is 0. The zero-order chi connectivity index (χ0) is 10.6. The van der Waals surface area contributed by atoms with Crippen molar-refractivity contribution in [2.24, 2.45) is 0 Å². The quantitative estimate of drug-likeness (QED) is 0.608. The molecule has 0 aromatic heterocycles. The highest BCUT2D eigenvalue weighted by Crippen LogP contribution is 2.22. The molecule has 0 fully saturated rings. The summed E-state index contributed by atoms with van der Waals surface area (Å²) in [7, 11) is 0. The van der Waals surface area contributed by atoms with Gasteiger partial charge in [-0.1, -0.05) is 6.92 Å². The zero-order valence-corrected chi connectivity index (χ0v) is 6.57. The van der Waals surface area contributed by atoms with Crippen molar-refractivity contribution in [3.8, 4) is 0 Å². The lowest BCUT2D eigenvalue weighted by Crippen LogP contribution is -2.38. The fraction of sp³-hybridized carbons (Fsp3) is 0.857. The Morgan fingerprint density at radius 1 is 0.769 bits per heavy atom. The van der Waals surface area contributed by atoms with Crippen molar-refractivity contribution >= 4 is 0 Å². The smallest absolute Gasteiger partial charge is 0.244 e. The van der Waals surface area contributed by atoms with Crippen LogP contribution in [0.3, 0.4) is 0 Å². The maximum Gasteiger partial charge on any atom is 0.272 e. The Balaban J connectivity index is 4.15. The first kappa shape index (κ1) is 12.6. The molecule has 6 heteroatoms. The standard InChI is InChI=1S/C7H9F6/c1-2-3(8)4(9)5(10)6(11)7(12)13/h3-7H,1-2H2/t3?,4?,5?,6-/m0/s1. The average molecular weight is 207 g/mol. The van der Waals surface area contributed by atoms with E-state index in [4.69, 9.17) is 0 Å². The molecule has 0 spiro atoms. The van der Waals surface area contributed by atoms with Gasteiger partial charge in [-0.3, -0.25) is 0 Å². The Kier molecular flexibility index (Phi) is 5.17. The van der Waals surface area contributed by atoms with E-state index in [2.05, 4.69) is 6.92 Å². The van der Waals surface area contributed by atoms with Gasteiger partial charge < -0.3 is 0 Å². The zero-order valence-electron chi connectivity index (χ0n) is 6.57. The summed E-state index contributed by atoms with van der Waals surface area (Å²) in [6.45, 7) is 2.90. The van der Waals surface area contributed by atoms with Gasteiger partial charge in [-0.05, 0) is 6.42 Å². The van der Waals surface area contributed by atoms with Crippen molar-refractivity contribution in [3.05, 3.63) is 6.92 Å². The fourth-order valence-electron chi connectivity index (χ4n) is 0.673. The maximum absolute atomic E-state index is 12.4. The van der Waals surface area contributed by atoms with Gasteiger partial charge in [0.15, 0.2) is 18.5 Å². The van der Waals surface area contributed by atoms with E-state index < -0.39 is 37.5 Å². The van der Waals surface area contributed by atoms with Crippen molar-refractivity contribution in [2.75, 3.05) is 0 Å². The molecule has 0 N–H and O–H groups in total. The minimum Gasteiger partial charge on any atom is -0.244 e. The van der Waals surface area contributed by atoms with Gasteiger partial charge in [0.2, 0.25) is 0 Å². The van der Waals surface area contributed by atoms with Crippen molar-refractivity contribution in [1.29, 1.82) is 0 Å². The van der Waals surface area contributed by atoms with Gasteiger partial charge in [0.25, 0.3) is 6.43 Å². The predicted octanol–water partition coefficient (Wildman–Crippen LogP) is 2.83. The van der Waals surface area contributed by atoms with Crippen LogP contribution < -0.4 is 0 Å². The summed E-state index contributed by atoms with van der Waals surface area (Å²) in [4.78, 5) is 0. The van der Waals surface area contributed by atoms with Crippen LogP contribution in [0, 0.1) is 6.92 Å². The van der Waals surface area contributed by atoms with Crippen LogP contribution in [0.2, 0.25) is 0 Å². The highest BCUT2D eigenvalue weighted by Gasteiger charge is 2.39. The van der Waals surface area contributed by atoms with Crippen LogP contribution in [0.4, 0.5) is 26.3 Å². The number of hydrogen-bond donors (Lipinski definition) is 0. The average Bonchev–Trinajstić information content (AvgIpc) is 2.12. The van der Waals surface area contributed by atoms with Crippen molar-refractivity contribution < 1.29 is 26.3 Å². The van der Waals surface area contributed by atoms with Crippen molar-refractivity contribution in [1.82, 2.24) is 0 Å². The highest BCUT2D eigenvalue weighted by molar-refractivity contribution is 4.83. The molecule has 0 amide bonds. The molecular formula is C7H9F6. The number of alkyl halides is 6. The first-order chi connectivity index (χ1) is 5.91. The highest BCUT2D eigenvalue weighted by atomic mass is 19.3. The van der Waals surface area contributed by atoms with Gasteiger partial charge in [-0.2, -0.15) is 0 Å². The fourth-order valence-corrected chi connectivity index (χ4v) is 0.673. The summed E-state index contributed by atoms with van der Waals surface area (Å²) >= 11 is 0. The molecule has 0 saturated heterocycles. The topological polar surface area (TPSA) is 0 Å².